The lowest BCUT2D eigenvalue weighted by atomic mass is 10.1. The van der Waals surface area contributed by atoms with Gasteiger partial charge in [0.15, 0.2) is 11.6 Å². The molecule has 0 aliphatic heterocycles. The number of halogens is 5. The van der Waals surface area contributed by atoms with E-state index in [1.54, 1.807) is 0 Å². The molecule has 0 unspecified atom stereocenters. The van der Waals surface area contributed by atoms with Crippen LogP contribution < -0.4 is 5.32 Å². The Labute approximate surface area is 149 Å². The third-order valence-electron chi connectivity index (χ3n) is 3.35. The van der Waals surface area contributed by atoms with E-state index in [2.05, 4.69) is 10.1 Å². The van der Waals surface area contributed by atoms with Gasteiger partial charge in [0.25, 0.3) is 0 Å². The van der Waals surface area contributed by atoms with Gasteiger partial charge in [-0.15, -0.1) is 0 Å². The Morgan fingerprint density at radius 2 is 1.63 bits per heavy atom. The molecular formula is C17H12F5NO4. The number of rotatable bonds is 4. The number of methoxy groups -OCH3 is 1. The van der Waals surface area contributed by atoms with Crippen molar-refractivity contribution in [3.8, 4) is 0 Å². The lowest BCUT2D eigenvalue weighted by Crippen LogP contribution is -2.17. The van der Waals surface area contributed by atoms with Crippen LogP contribution in [0.25, 0.3) is 0 Å². The molecule has 0 radical (unpaired) electrons. The summed E-state index contributed by atoms with van der Waals surface area (Å²) in [4.78, 5) is 23.4. The van der Waals surface area contributed by atoms with Gasteiger partial charge < -0.3 is 9.47 Å². The van der Waals surface area contributed by atoms with Crippen LogP contribution in [0.15, 0.2) is 36.4 Å². The summed E-state index contributed by atoms with van der Waals surface area (Å²) in [7, 11) is 1.01. The summed E-state index contributed by atoms with van der Waals surface area (Å²) in [5.74, 6) is -3.66. The third-order valence-corrected chi connectivity index (χ3v) is 3.35. The highest BCUT2D eigenvalue weighted by Gasteiger charge is 2.30. The Balaban J connectivity index is 2.06. The van der Waals surface area contributed by atoms with Crippen LogP contribution in [-0.4, -0.2) is 19.2 Å². The van der Waals surface area contributed by atoms with E-state index in [1.165, 1.54) is 0 Å². The highest BCUT2D eigenvalue weighted by molar-refractivity contribution is 5.99. The van der Waals surface area contributed by atoms with E-state index in [-0.39, 0.29) is 12.2 Å². The standard InChI is InChI=1S/C17H12F5NO4/c1-26-15(24)11-6-12(18)13(19)7-14(11)23-16(25)27-8-9-2-4-10(5-3-9)17(20,21)22/h2-7H,8H2,1H3,(H,23,25). The first-order valence-corrected chi connectivity index (χ1v) is 7.29. The number of benzene rings is 2. The molecule has 2 rings (SSSR count). The minimum absolute atomic E-state index is 0.261. The molecule has 144 valence electrons. The van der Waals surface area contributed by atoms with Crippen molar-refractivity contribution in [2.45, 2.75) is 12.8 Å². The van der Waals surface area contributed by atoms with E-state index in [1.807, 2.05) is 0 Å². The zero-order chi connectivity index (χ0) is 20.2. The predicted octanol–water partition coefficient (Wildman–Crippen LogP) is 4.52. The van der Waals surface area contributed by atoms with Crippen LogP contribution in [0.1, 0.15) is 21.5 Å². The molecule has 0 saturated heterocycles. The van der Waals surface area contributed by atoms with Crippen LogP contribution in [-0.2, 0) is 22.3 Å². The molecule has 0 saturated carbocycles. The van der Waals surface area contributed by atoms with E-state index < -0.39 is 46.7 Å². The minimum atomic E-state index is -4.49. The largest absolute Gasteiger partial charge is 0.465 e. The molecule has 10 heteroatoms. The predicted molar refractivity (Wildman–Crippen MR) is 82.9 cm³/mol. The smallest absolute Gasteiger partial charge is 0.416 e. The van der Waals surface area contributed by atoms with Crippen LogP contribution >= 0.6 is 0 Å². The summed E-state index contributed by atoms with van der Waals surface area (Å²) in [6, 6.07) is 5.00. The van der Waals surface area contributed by atoms with Gasteiger partial charge in [0.1, 0.15) is 6.61 Å². The van der Waals surface area contributed by atoms with Crippen molar-refractivity contribution in [1.29, 1.82) is 0 Å². The summed E-state index contributed by atoms with van der Waals surface area (Å²) in [5, 5.41) is 2.05. The van der Waals surface area contributed by atoms with Gasteiger partial charge in [0, 0.05) is 6.07 Å². The monoisotopic (exact) mass is 389 g/mol. The number of amides is 1. The van der Waals surface area contributed by atoms with Crippen molar-refractivity contribution in [2.24, 2.45) is 0 Å². The maximum Gasteiger partial charge on any atom is 0.416 e. The van der Waals surface area contributed by atoms with Crippen LogP contribution in [0.5, 0.6) is 0 Å². The van der Waals surface area contributed by atoms with Gasteiger partial charge in [-0.1, -0.05) is 12.1 Å². The van der Waals surface area contributed by atoms with E-state index in [9.17, 15) is 31.5 Å². The number of hydrogen-bond donors (Lipinski definition) is 1. The molecule has 0 bridgehead atoms. The zero-order valence-electron chi connectivity index (χ0n) is 13.7. The van der Waals surface area contributed by atoms with E-state index in [0.717, 1.165) is 31.4 Å². The van der Waals surface area contributed by atoms with Gasteiger partial charge in [0.05, 0.1) is 23.9 Å². The maximum atomic E-state index is 13.4. The normalized spacial score (nSPS) is 11.0. The van der Waals surface area contributed by atoms with Gasteiger partial charge in [-0.2, -0.15) is 13.2 Å². The molecule has 0 heterocycles. The molecule has 0 aliphatic carbocycles. The molecule has 2 aromatic rings. The second-order valence-electron chi connectivity index (χ2n) is 5.20. The SMILES string of the molecule is COC(=O)c1cc(F)c(F)cc1NC(=O)OCc1ccc(C(F)(F)F)cc1. The molecule has 2 aromatic carbocycles. The number of carbonyl (C=O) groups excluding carboxylic acids is 2. The van der Waals surface area contributed by atoms with Gasteiger partial charge in [-0.25, -0.2) is 18.4 Å². The van der Waals surface area contributed by atoms with Gasteiger partial charge in [-0.3, -0.25) is 5.32 Å². The summed E-state index contributed by atoms with van der Waals surface area (Å²) < 4.78 is 73.3. The van der Waals surface area contributed by atoms with Gasteiger partial charge >= 0.3 is 18.2 Å². The topological polar surface area (TPSA) is 64.6 Å². The van der Waals surface area contributed by atoms with E-state index in [4.69, 9.17) is 4.74 Å². The number of anilines is 1. The van der Waals surface area contributed by atoms with Crippen LogP contribution in [0, 0.1) is 11.6 Å². The summed E-state index contributed by atoms with van der Waals surface area (Å²) >= 11 is 0. The van der Waals surface area contributed by atoms with Gasteiger partial charge in [-0.05, 0) is 23.8 Å². The number of hydrogen-bond acceptors (Lipinski definition) is 4. The lowest BCUT2D eigenvalue weighted by Gasteiger charge is -2.11. The molecule has 0 atom stereocenters. The number of esters is 1. The molecule has 0 fully saturated rings. The molecule has 5 nitrogen and oxygen atoms in total. The molecular weight excluding hydrogens is 377 g/mol. The average molecular weight is 389 g/mol. The molecule has 0 spiro atoms. The van der Waals surface area contributed by atoms with Crippen LogP contribution in [0.3, 0.4) is 0 Å². The summed E-state index contributed by atoms with van der Waals surface area (Å²) in [6.45, 7) is -0.388. The molecule has 1 N–H and O–H groups in total. The Morgan fingerprint density at radius 3 is 2.19 bits per heavy atom. The lowest BCUT2D eigenvalue weighted by molar-refractivity contribution is -0.137. The first-order valence-electron chi connectivity index (χ1n) is 7.29. The number of carbonyl (C=O) groups is 2. The van der Waals surface area contributed by atoms with Crippen molar-refractivity contribution >= 4 is 17.7 Å². The highest BCUT2D eigenvalue weighted by Crippen LogP contribution is 2.29. The second kappa shape index (κ2) is 8.02. The highest BCUT2D eigenvalue weighted by atomic mass is 19.4. The van der Waals surface area contributed by atoms with Crippen molar-refractivity contribution < 1.29 is 41.0 Å². The van der Waals surface area contributed by atoms with E-state index in [0.29, 0.717) is 12.1 Å². The first-order chi connectivity index (χ1) is 12.6. The Hall–Kier alpha value is -3.17. The molecule has 0 aromatic heterocycles. The summed E-state index contributed by atoms with van der Waals surface area (Å²) in [5.41, 5.74) is -1.43. The fourth-order valence-corrected chi connectivity index (χ4v) is 2.01. The summed E-state index contributed by atoms with van der Waals surface area (Å²) in [6.07, 6.45) is -5.63. The first kappa shape index (κ1) is 20.1. The molecule has 27 heavy (non-hydrogen) atoms. The van der Waals surface area contributed by atoms with Crippen molar-refractivity contribution in [3.05, 3.63) is 64.7 Å². The van der Waals surface area contributed by atoms with E-state index >= 15 is 0 Å². The Morgan fingerprint density at radius 1 is 1.04 bits per heavy atom. The van der Waals surface area contributed by atoms with Crippen LogP contribution in [0.2, 0.25) is 0 Å². The van der Waals surface area contributed by atoms with Gasteiger partial charge in [0.2, 0.25) is 0 Å². The molecule has 0 aliphatic rings. The second-order valence-corrected chi connectivity index (χ2v) is 5.20. The van der Waals surface area contributed by atoms with Crippen LogP contribution in [0.4, 0.5) is 32.4 Å². The Bertz CT molecular complexity index is 850. The van der Waals surface area contributed by atoms with Crippen molar-refractivity contribution in [2.75, 3.05) is 12.4 Å². The number of ether oxygens (including phenoxy) is 2. The van der Waals surface area contributed by atoms with Crippen molar-refractivity contribution in [1.82, 2.24) is 0 Å². The maximum absolute atomic E-state index is 13.4. The third kappa shape index (κ3) is 5.16. The Kier molecular flexibility index (Phi) is 5.98. The quantitative estimate of drug-likeness (QED) is 0.617. The fourth-order valence-electron chi connectivity index (χ4n) is 2.01. The average Bonchev–Trinajstić information content (AvgIpc) is 2.61. The molecule has 1 amide bonds. The minimum Gasteiger partial charge on any atom is -0.465 e. The zero-order valence-corrected chi connectivity index (χ0v) is 13.7. The number of nitrogens with one attached hydrogen (secondary N) is 1. The van der Waals surface area contributed by atoms with Crippen molar-refractivity contribution in [3.63, 3.8) is 0 Å². The number of alkyl halides is 3. The fraction of sp³-hybridized carbons (Fsp3) is 0.176.